The fourth-order valence-corrected chi connectivity index (χ4v) is 4.25. The van der Waals surface area contributed by atoms with Crippen LogP contribution in [-0.4, -0.2) is 54.6 Å². The third-order valence-electron chi connectivity index (χ3n) is 5.68. The first-order valence-corrected chi connectivity index (χ1v) is 10.2. The first-order chi connectivity index (χ1) is 13.0. The molecule has 0 aromatic heterocycles. The van der Waals surface area contributed by atoms with Gasteiger partial charge in [0.25, 0.3) is 5.91 Å². The molecular weight excluding hydrogens is 404 g/mol. The second-order valence-electron chi connectivity index (χ2n) is 7.14. The molecule has 0 saturated carbocycles. The van der Waals surface area contributed by atoms with Crippen LogP contribution in [0.25, 0.3) is 0 Å². The fraction of sp³-hybridized carbons (Fsp3) is 0.429. The van der Waals surface area contributed by atoms with E-state index in [0.717, 1.165) is 54.8 Å². The van der Waals surface area contributed by atoms with Gasteiger partial charge in [0.05, 0.1) is 11.1 Å². The largest absolute Gasteiger partial charge is 0.376 e. The number of nitrogens with one attached hydrogen (secondary N) is 1. The van der Waals surface area contributed by atoms with Gasteiger partial charge in [-0.2, -0.15) is 5.10 Å². The molecule has 1 amide bonds. The summed E-state index contributed by atoms with van der Waals surface area (Å²) in [5.74, 6) is 0.0368. The zero-order valence-electron chi connectivity index (χ0n) is 16.0. The van der Waals surface area contributed by atoms with Gasteiger partial charge in [-0.25, -0.2) is 5.43 Å². The van der Waals surface area contributed by atoms with Crippen molar-refractivity contribution in [2.45, 2.75) is 19.8 Å². The molecule has 0 atom stereocenters. The zero-order valence-corrected chi connectivity index (χ0v) is 17.6. The Balaban J connectivity index is 1.75. The van der Waals surface area contributed by atoms with Crippen molar-refractivity contribution in [3.63, 3.8) is 0 Å². The second-order valence-corrected chi connectivity index (χ2v) is 7.99. The molecule has 5 nitrogen and oxygen atoms in total. The van der Waals surface area contributed by atoms with Crippen LogP contribution < -0.4 is 5.43 Å². The number of hydrogen-bond acceptors (Lipinski definition) is 4. The van der Waals surface area contributed by atoms with Crippen LogP contribution in [0, 0.1) is 5.41 Å². The number of likely N-dealkylation sites (tertiary alicyclic amines) is 1. The van der Waals surface area contributed by atoms with Gasteiger partial charge in [-0.1, -0.05) is 43.0 Å². The fourth-order valence-electron chi connectivity index (χ4n) is 3.82. The Morgan fingerprint density at radius 3 is 2.63 bits per heavy atom. The van der Waals surface area contributed by atoms with Gasteiger partial charge in [-0.15, -0.1) is 0 Å². The van der Waals surface area contributed by atoms with Gasteiger partial charge in [-0.05, 0) is 54.3 Å². The van der Waals surface area contributed by atoms with Gasteiger partial charge in [0, 0.05) is 30.3 Å². The maximum atomic E-state index is 12.7. The Bertz CT molecular complexity index is 764. The van der Waals surface area contributed by atoms with Gasteiger partial charge < -0.3 is 4.90 Å². The van der Waals surface area contributed by atoms with Crippen LogP contribution in [0.2, 0.25) is 0 Å². The minimum atomic E-state index is -0.506. The highest BCUT2D eigenvalue weighted by atomic mass is 79.9. The third kappa shape index (κ3) is 3.87. The highest BCUT2D eigenvalue weighted by Gasteiger charge is 2.49. The topological polar surface area (TPSA) is 47.9 Å². The highest BCUT2D eigenvalue weighted by molar-refractivity contribution is 9.11. The highest BCUT2D eigenvalue weighted by Crippen LogP contribution is 2.39. The van der Waals surface area contributed by atoms with Crippen molar-refractivity contribution >= 4 is 27.5 Å². The molecule has 1 aromatic rings. The number of benzene rings is 1. The van der Waals surface area contributed by atoms with Crippen molar-refractivity contribution in [1.82, 2.24) is 15.2 Å². The predicted molar refractivity (Wildman–Crippen MR) is 114 cm³/mol. The molecule has 2 aliphatic rings. The molecule has 1 saturated heterocycles. The number of piperidine rings is 1. The van der Waals surface area contributed by atoms with Crippen LogP contribution in [0.3, 0.4) is 0 Å². The van der Waals surface area contributed by atoms with Gasteiger partial charge in [-0.3, -0.25) is 9.69 Å². The molecule has 0 aliphatic carbocycles. The second kappa shape index (κ2) is 8.40. The lowest BCUT2D eigenvalue weighted by atomic mass is 9.72. The first kappa shape index (κ1) is 19.8. The summed E-state index contributed by atoms with van der Waals surface area (Å²) in [5, 5.41) is 4.39. The summed E-state index contributed by atoms with van der Waals surface area (Å²) in [6.45, 7) is 9.51. The summed E-state index contributed by atoms with van der Waals surface area (Å²) in [6.07, 6.45) is 3.40. The molecule has 1 spiro atoms. The maximum absolute atomic E-state index is 12.7. The Labute approximate surface area is 169 Å². The van der Waals surface area contributed by atoms with Gasteiger partial charge >= 0.3 is 0 Å². The van der Waals surface area contributed by atoms with Crippen molar-refractivity contribution in [2.24, 2.45) is 10.5 Å². The van der Waals surface area contributed by atoms with Crippen LogP contribution in [0.4, 0.5) is 0 Å². The molecule has 0 bridgehead atoms. The zero-order chi connectivity index (χ0) is 19.4. The Hall–Kier alpha value is -1.92. The van der Waals surface area contributed by atoms with E-state index >= 15 is 0 Å². The minimum Gasteiger partial charge on any atom is -0.376 e. The summed E-state index contributed by atoms with van der Waals surface area (Å²) >= 11 is 3.63. The van der Waals surface area contributed by atoms with E-state index in [9.17, 15) is 4.79 Å². The number of rotatable bonds is 6. The van der Waals surface area contributed by atoms with Crippen LogP contribution >= 0.6 is 15.9 Å². The van der Waals surface area contributed by atoms with Crippen LogP contribution in [0.5, 0.6) is 0 Å². The number of halogens is 1. The summed E-state index contributed by atoms with van der Waals surface area (Å²) in [7, 11) is 2.09. The van der Waals surface area contributed by atoms with Crippen molar-refractivity contribution < 1.29 is 4.79 Å². The van der Waals surface area contributed by atoms with E-state index in [1.54, 1.807) is 0 Å². The Morgan fingerprint density at radius 2 is 2.04 bits per heavy atom. The van der Waals surface area contributed by atoms with Crippen molar-refractivity contribution in [1.29, 1.82) is 0 Å². The standard InChI is InChI=1S/C21H27BrN4O/c1-4-17(22)18(25(3)5-2)15-26-13-11-21(12-14-26)19(23-24-20(21)27)16-9-7-6-8-10-16/h4,6-10H,1,5,11-15H2,2-3H3,(H,24,27)/b18-17+. The number of hydrogen-bond donors (Lipinski definition) is 1. The van der Waals surface area contributed by atoms with Gasteiger partial charge in [0.2, 0.25) is 0 Å². The molecule has 6 heteroatoms. The number of carbonyl (C=O) groups is 1. The van der Waals surface area contributed by atoms with Gasteiger partial charge in [0.15, 0.2) is 0 Å². The molecule has 3 rings (SSSR count). The van der Waals surface area contributed by atoms with Crippen LogP contribution in [-0.2, 0) is 4.79 Å². The number of nitrogens with zero attached hydrogens (tertiary/aromatic N) is 3. The summed E-state index contributed by atoms with van der Waals surface area (Å²) in [4.78, 5) is 17.3. The molecule has 144 valence electrons. The van der Waals surface area contributed by atoms with Crippen LogP contribution in [0.1, 0.15) is 25.3 Å². The Kier molecular flexibility index (Phi) is 6.17. The molecule has 0 radical (unpaired) electrons. The number of likely N-dealkylation sites (N-methyl/N-ethyl adjacent to an activating group) is 1. The van der Waals surface area contributed by atoms with E-state index in [-0.39, 0.29) is 5.91 Å². The summed E-state index contributed by atoms with van der Waals surface area (Å²) < 4.78 is 1.03. The lowest BCUT2D eigenvalue weighted by Gasteiger charge is -2.39. The average molecular weight is 431 g/mol. The van der Waals surface area contributed by atoms with E-state index in [0.29, 0.717) is 0 Å². The number of hydrazone groups is 1. The molecule has 1 N–H and O–H groups in total. The van der Waals surface area contributed by atoms with E-state index in [4.69, 9.17) is 0 Å². The van der Waals surface area contributed by atoms with Crippen LogP contribution in [0.15, 0.2) is 58.3 Å². The predicted octanol–water partition coefficient (Wildman–Crippen LogP) is 3.35. The lowest BCUT2D eigenvalue weighted by Crippen LogP contribution is -2.49. The molecule has 1 fully saturated rings. The molecule has 2 aliphatic heterocycles. The maximum Gasteiger partial charge on any atom is 0.252 e. The number of carbonyl (C=O) groups excluding carboxylic acids is 1. The van der Waals surface area contributed by atoms with Crippen molar-refractivity contribution in [3.8, 4) is 0 Å². The third-order valence-corrected chi connectivity index (χ3v) is 6.46. The molecule has 27 heavy (non-hydrogen) atoms. The van der Waals surface area contributed by atoms with E-state index in [1.807, 2.05) is 36.4 Å². The normalized spacial score (nSPS) is 20.1. The SMILES string of the molecule is C=C/C(Br)=C(/CN1CCC2(CC1)C(=O)NN=C2c1ccccc1)N(C)CC. The molecule has 2 heterocycles. The molecule has 1 aromatic carbocycles. The van der Waals surface area contributed by atoms with E-state index in [2.05, 4.69) is 56.8 Å². The monoisotopic (exact) mass is 430 g/mol. The number of allylic oxidation sites excluding steroid dienone is 2. The first-order valence-electron chi connectivity index (χ1n) is 9.40. The van der Waals surface area contributed by atoms with E-state index in [1.165, 1.54) is 5.70 Å². The Morgan fingerprint density at radius 1 is 1.37 bits per heavy atom. The smallest absolute Gasteiger partial charge is 0.252 e. The number of amides is 1. The lowest BCUT2D eigenvalue weighted by molar-refractivity contribution is -0.128. The minimum absolute atomic E-state index is 0.0368. The van der Waals surface area contributed by atoms with E-state index < -0.39 is 5.41 Å². The van der Waals surface area contributed by atoms with Crippen molar-refractivity contribution in [3.05, 3.63) is 58.7 Å². The quantitative estimate of drug-likeness (QED) is 0.703. The average Bonchev–Trinajstić information content (AvgIpc) is 3.03. The molecule has 0 unspecified atom stereocenters. The van der Waals surface area contributed by atoms with Crippen molar-refractivity contribution in [2.75, 3.05) is 33.2 Å². The summed E-state index contributed by atoms with van der Waals surface area (Å²) in [6, 6.07) is 10.0. The van der Waals surface area contributed by atoms with Gasteiger partial charge in [0.1, 0.15) is 0 Å². The summed E-state index contributed by atoms with van der Waals surface area (Å²) in [5.41, 5.74) is 5.37. The molecular formula is C21H27BrN4O.